The van der Waals surface area contributed by atoms with Crippen LogP contribution in [0.2, 0.25) is 0 Å². The van der Waals surface area contributed by atoms with Crippen molar-refractivity contribution in [3.05, 3.63) is 29.6 Å². The summed E-state index contributed by atoms with van der Waals surface area (Å²) in [5.74, 6) is 0.0733. The number of hydrogen-bond acceptors (Lipinski definition) is 5. The van der Waals surface area contributed by atoms with Gasteiger partial charge >= 0.3 is 5.97 Å². The van der Waals surface area contributed by atoms with E-state index in [4.69, 9.17) is 0 Å². The first-order valence-corrected chi connectivity index (χ1v) is 6.55. The fourth-order valence-corrected chi connectivity index (χ4v) is 2.57. The second-order valence-electron chi connectivity index (χ2n) is 4.99. The molecule has 0 aromatic carbocycles. The number of carbonyl (C=O) groups is 1. The summed E-state index contributed by atoms with van der Waals surface area (Å²) in [6, 6.07) is 5.53. The van der Waals surface area contributed by atoms with Crippen molar-refractivity contribution in [1.29, 1.82) is 0 Å². The van der Waals surface area contributed by atoms with Gasteiger partial charge in [0.1, 0.15) is 5.69 Å². The number of carbonyl (C=O) groups excluding carboxylic acids is 1. The van der Waals surface area contributed by atoms with E-state index in [1.807, 2.05) is 12.1 Å². The zero-order chi connectivity index (χ0) is 13.8. The molecule has 0 aliphatic carbocycles. The van der Waals surface area contributed by atoms with Crippen LogP contribution in [-0.2, 0) is 11.3 Å². The molecule has 5 nitrogen and oxygen atoms in total. The number of aliphatic hydroxyl groups is 1. The van der Waals surface area contributed by atoms with Gasteiger partial charge in [0.15, 0.2) is 0 Å². The second kappa shape index (κ2) is 6.12. The van der Waals surface area contributed by atoms with E-state index in [0.29, 0.717) is 18.2 Å². The Bertz CT molecular complexity index is 450. The quantitative estimate of drug-likeness (QED) is 0.824. The highest BCUT2D eigenvalue weighted by Crippen LogP contribution is 2.24. The molecule has 0 saturated carbocycles. The van der Waals surface area contributed by atoms with Crippen LogP contribution in [0, 0.1) is 5.92 Å². The lowest BCUT2D eigenvalue weighted by molar-refractivity contribution is 0.0593. The fourth-order valence-electron chi connectivity index (χ4n) is 2.57. The Morgan fingerprint density at radius 1 is 1.58 bits per heavy atom. The van der Waals surface area contributed by atoms with E-state index >= 15 is 0 Å². The summed E-state index contributed by atoms with van der Waals surface area (Å²) in [6.45, 7) is 3.92. The average molecular weight is 264 g/mol. The number of likely N-dealkylation sites (tertiary alicyclic amines) is 1. The van der Waals surface area contributed by atoms with Gasteiger partial charge in [0.25, 0.3) is 0 Å². The first-order valence-electron chi connectivity index (χ1n) is 6.55. The second-order valence-corrected chi connectivity index (χ2v) is 4.99. The third kappa shape index (κ3) is 3.11. The first kappa shape index (κ1) is 14.0. The van der Waals surface area contributed by atoms with Crippen molar-refractivity contribution in [3.63, 3.8) is 0 Å². The van der Waals surface area contributed by atoms with E-state index in [0.717, 1.165) is 18.7 Å². The van der Waals surface area contributed by atoms with Gasteiger partial charge in [-0.15, -0.1) is 0 Å². The smallest absolute Gasteiger partial charge is 0.356 e. The number of nitrogens with zero attached hydrogens (tertiary/aromatic N) is 2. The predicted molar refractivity (Wildman–Crippen MR) is 70.6 cm³/mol. The Balaban J connectivity index is 2.09. The van der Waals surface area contributed by atoms with Crippen molar-refractivity contribution in [2.75, 3.05) is 20.3 Å². The van der Waals surface area contributed by atoms with Crippen LogP contribution < -0.4 is 0 Å². The lowest BCUT2D eigenvalue weighted by Crippen LogP contribution is -2.35. The Hall–Kier alpha value is -1.46. The number of aliphatic hydroxyl groups excluding tert-OH is 1. The van der Waals surface area contributed by atoms with Crippen LogP contribution in [0.15, 0.2) is 18.2 Å². The van der Waals surface area contributed by atoms with Crippen LogP contribution in [0.1, 0.15) is 29.5 Å². The van der Waals surface area contributed by atoms with Crippen molar-refractivity contribution < 1.29 is 14.6 Å². The monoisotopic (exact) mass is 264 g/mol. The molecule has 1 aromatic heterocycles. The van der Waals surface area contributed by atoms with Crippen molar-refractivity contribution in [1.82, 2.24) is 9.88 Å². The molecule has 5 heteroatoms. The maximum absolute atomic E-state index is 11.4. The number of ether oxygens (including phenoxy) is 1. The number of aromatic nitrogens is 1. The predicted octanol–water partition coefficient (Wildman–Crippen LogP) is 1.07. The van der Waals surface area contributed by atoms with Gasteiger partial charge in [0, 0.05) is 12.6 Å². The minimum atomic E-state index is -0.421. The number of methoxy groups -OCH3 is 1. The number of esters is 1. The fraction of sp³-hybridized carbons (Fsp3) is 0.571. The summed E-state index contributed by atoms with van der Waals surface area (Å²) in [5.41, 5.74) is 1.16. The average Bonchev–Trinajstić information content (AvgIpc) is 2.78. The molecule has 1 aliphatic heterocycles. The van der Waals surface area contributed by atoms with Gasteiger partial charge in [-0.1, -0.05) is 13.0 Å². The zero-order valence-corrected chi connectivity index (χ0v) is 11.4. The van der Waals surface area contributed by atoms with Crippen LogP contribution in [0.25, 0.3) is 0 Å². The van der Waals surface area contributed by atoms with Crippen LogP contribution in [0.3, 0.4) is 0 Å². The third-order valence-electron chi connectivity index (χ3n) is 3.75. The molecule has 1 N–H and O–H groups in total. The van der Waals surface area contributed by atoms with E-state index < -0.39 is 5.97 Å². The number of pyridine rings is 1. The Kier molecular flexibility index (Phi) is 4.50. The van der Waals surface area contributed by atoms with E-state index in [9.17, 15) is 9.90 Å². The highest BCUT2D eigenvalue weighted by Gasteiger charge is 2.30. The summed E-state index contributed by atoms with van der Waals surface area (Å²) in [7, 11) is 1.35. The van der Waals surface area contributed by atoms with Crippen LogP contribution in [0.5, 0.6) is 0 Å². The standard InChI is InChI=1S/C14H20N2O3/c1-10-6-7-16(13(10)9-17)8-11-4-3-5-12(15-11)14(18)19-2/h3-5,10,13,17H,6-9H2,1-2H3. The largest absolute Gasteiger partial charge is 0.464 e. The molecular weight excluding hydrogens is 244 g/mol. The van der Waals surface area contributed by atoms with Gasteiger partial charge in [0.05, 0.1) is 19.4 Å². The Labute approximate surface area is 113 Å². The Morgan fingerprint density at radius 3 is 3.05 bits per heavy atom. The van der Waals surface area contributed by atoms with Gasteiger partial charge in [-0.25, -0.2) is 9.78 Å². The minimum Gasteiger partial charge on any atom is -0.464 e. The van der Waals surface area contributed by atoms with E-state index in [1.165, 1.54) is 7.11 Å². The molecule has 1 fully saturated rings. The van der Waals surface area contributed by atoms with Gasteiger partial charge < -0.3 is 9.84 Å². The lowest BCUT2D eigenvalue weighted by Gasteiger charge is -2.24. The molecule has 0 amide bonds. The molecule has 0 radical (unpaired) electrons. The minimum absolute atomic E-state index is 0.165. The Morgan fingerprint density at radius 2 is 2.37 bits per heavy atom. The summed E-state index contributed by atoms with van der Waals surface area (Å²) >= 11 is 0. The molecule has 0 bridgehead atoms. The molecule has 2 atom stereocenters. The molecule has 1 saturated heterocycles. The molecule has 1 aromatic rings. The van der Waals surface area contributed by atoms with Gasteiger partial charge in [0.2, 0.25) is 0 Å². The third-order valence-corrected chi connectivity index (χ3v) is 3.75. The van der Waals surface area contributed by atoms with Gasteiger partial charge in [-0.3, -0.25) is 4.90 Å². The van der Waals surface area contributed by atoms with Crippen molar-refractivity contribution in [2.24, 2.45) is 5.92 Å². The molecular formula is C14H20N2O3. The van der Waals surface area contributed by atoms with Crippen LogP contribution in [0.4, 0.5) is 0 Å². The molecule has 1 aliphatic rings. The summed E-state index contributed by atoms with van der Waals surface area (Å²) in [4.78, 5) is 18.0. The number of hydrogen-bond donors (Lipinski definition) is 1. The molecule has 2 heterocycles. The normalized spacial score (nSPS) is 23.5. The maximum atomic E-state index is 11.4. The van der Waals surface area contributed by atoms with E-state index in [1.54, 1.807) is 6.07 Å². The molecule has 2 unspecified atom stereocenters. The van der Waals surface area contributed by atoms with Gasteiger partial charge in [-0.05, 0) is 31.0 Å². The highest BCUT2D eigenvalue weighted by atomic mass is 16.5. The molecule has 19 heavy (non-hydrogen) atoms. The number of rotatable bonds is 4. The van der Waals surface area contributed by atoms with Crippen molar-refractivity contribution >= 4 is 5.97 Å². The maximum Gasteiger partial charge on any atom is 0.356 e. The molecule has 2 rings (SSSR count). The van der Waals surface area contributed by atoms with Crippen molar-refractivity contribution in [3.8, 4) is 0 Å². The zero-order valence-electron chi connectivity index (χ0n) is 11.4. The van der Waals surface area contributed by atoms with Crippen LogP contribution >= 0.6 is 0 Å². The highest BCUT2D eigenvalue weighted by molar-refractivity contribution is 5.87. The lowest BCUT2D eigenvalue weighted by atomic mass is 10.0. The first-order chi connectivity index (χ1) is 9.15. The van der Waals surface area contributed by atoms with Crippen molar-refractivity contribution in [2.45, 2.75) is 25.9 Å². The summed E-state index contributed by atoms with van der Waals surface area (Å²) in [6.07, 6.45) is 1.09. The molecule has 0 spiro atoms. The van der Waals surface area contributed by atoms with E-state index in [-0.39, 0.29) is 12.6 Å². The molecule has 104 valence electrons. The summed E-state index contributed by atoms with van der Waals surface area (Å²) < 4.78 is 4.67. The topological polar surface area (TPSA) is 62.7 Å². The van der Waals surface area contributed by atoms with Gasteiger partial charge in [-0.2, -0.15) is 0 Å². The van der Waals surface area contributed by atoms with Crippen LogP contribution in [-0.4, -0.2) is 47.3 Å². The SMILES string of the molecule is COC(=O)c1cccc(CN2CCC(C)C2CO)n1. The van der Waals surface area contributed by atoms with E-state index in [2.05, 4.69) is 21.5 Å². The summed E-state index contributed by atoms with van der Waals surface area (Å²) in [5, 5.41) is 9.43.